The van der Waals surface area contributed by atoms with E-state index >= 15 is 0 Å². The summed E-state index contributed by atoms with van der Waals surface area (Å²) in [7, 11) is 0. The van der Waals surface area contributed by atoms with E-state index in [0.717, 1.165) is 19.4 Å². The number of hydrogen-bond donors (Lipinski definition) is 3. The maximum Gasteiger partial charge on any atom is 0.168 e. The van der Waals surface area contributed by atoms with Crippen LogP contribution in [0.4, 0.5) is 0 Å². The fourth-order valence-corrected chi connectivity index (χ4v) is 1.51. The van der Waals surface area contributed by atoms with Gasteiger partial charge in [-0.25, -0.2) is 0 Å². The van der Waals surface area contributed by atoms with Crippen molar-refractivity contribution in [3.05, 3.63) is 0 Å². The van der Waals surface area contributed by atoms with Gasteiger partial charge in [-0.15, -0.1) is 0 Å². The summed E-state index contributed by atoms with van der Waals surface area (Å²) in [6.07, 6.45) is 1.94. The van der Waals surface area contributed by atoms with Gasteiger partial charge in [-0.05, 0) is 33.2 Å². The average molecular weight is 185 g/mol. The highest BCUT2D eigenvalue weighted by molar-refractivity contribution is 5.90. The average Bonchev–Trinajstić information content (AvgIpc) is 2.51. The second-order valence-corrected chi connectivity index (χ2v) is 4.35. The SMILES string of the molecule is CC(C)(N)C(N)C(=O)[C@H]1CCCN1. The van der Waals surface area contributed by atoms with Gasteiger partial charge in [0, 0.05) is 5.54 Å². The fourth-order valence-electron chi connectivity index (χ4n) is 1.51. The van der Waals surface area contributed by atoms with Crippen LogP contribution in [0.5, 0.6) is 0 Å². The Balaban J connectivity index is 2.56. The Labute approximate surface area is 79.0 Å². The van der Waals surface area contributed by atoms with Gasteiger partial charge in [0.2, 0.25) is 0 Å². The first-order valence-corrected chi connectivity index (χ1v) is 4.74. The highest BCUT2D eigenvalue weighted by Gasteiger charge is 2.33. The summed E-state index contributed by atoms with van der Waals surface area (Å²) in [6.45, 7) is 4.48. The molecular weight excluding hydrogens is 166 g/mol. The summed E-state index contributed by atoms with van der Waals surface area (Å²) in [4.78, 5) is 11.7. The molecule has 76 valence electrons. The van der Waals surface area contributed by atoms with E-state index < -0.39 is 11.6 Å². The normalized spacial score (nSPS) is 26.0. The van der Waals surface area contributed by atoms with Gasteiger partial charge in [-0.2, -0.15) is 0 Å². The van der Waals surface area contributed by atoms with Crippen LogP contribution < -0.4 is 16.8 Å². The van der Waals surface area contributed by atoms with Crippen LogP contribution in [0.25, 0.3) is 0 Å². The third kappa shape index (κ3) is 2.49. The molecule has 0 aliphatic carbocycles. The summed E-state index contributed by atoms with van der Waals surface area (Å²) >= 11 is 0. The van der Waals surface area contributed by atoms with Gasteiger partial charge in [0.25, 0.3) is 0 Å². The van der Waals surface area contributed by atoms with Crippen LogP contribution in [0.1, 0.15) is 26.7 Å². The summed E-state index contributed by atoms with van der Waals surface area (Å²) in [5, 5.41) is 3.12. The van der Waals surface area contributed by atoms with Crippen molar-refractivity contribution in [1.29, 1.82) is 0 Å². The molecule has 5 N–H and O–H groups in total. The molecule has 0 saturated carbocycles. The molecule has 13 heavy (non-hydrogen) atoms. The molecule has 0 amide bonds. The van der Waals surface area contributed by atoms with E-state index in [0.29, 0.717) is 0 Å². The van der Waals surface area contributed by atoms with Gasteiger partial charge in [0.05, 0.1) is 12.1 Å². The summed E-state index contributed by atoms with van der Waals surface area (Å²) < 4.78 is 0. The Morgan fingerprint density at radius 1 is 1.62 bits per heavy atom. The number of nitrogens with two attached hydrogens (primary N) is 2. The predicted octanol–water partition coefficient (Wildman–Crippen LogP) is -0.628. The van der Waals surface area contributed by atoms with Crippen LogP contribution in [-0.4, -0.2) is 30.0 Å². The molecule has 2 atom stereocenters. The quantitative estimate of drug-likeness (QED) is 0.547. The third-order valence-corrected chi connectivity index (χ3v) is 2.51. The Morgan fingerprint density at radius 2 is 2.23 bits per heavy atom. The van der Waals surface area contributed by atoms with Gasteiger partial charge in [-0.3, -0.25) is 4.79 Å². The van der Waals surface area contributed by atoms with Crippen LogP contribution in [0.3, 0.4) is 0 Å². The standard InChI is InChI=1S/C9H19N3O/c1-9(2,11)8(10)7(13)6-4-3-5-12-6/h6,8,12H,3-5,10-11H2,1-2H3/t6-,8?/m1/s1. The summed E-state index contributed by atoms with van der Waals surface area (Å²) in [5.41, 5.74) is 10.9. The first kappa shape index (κ1) is 10.6. The number of ketones is 1. The van der Waals surface area contributed by atoms with Crippen molar-refractivity contribution >= 4 is 5.78 Å². The molecule has 0 bridgehead atoms. The van der Waals surface area contributed by atoms with E-state index in [-0.39, 0.29) is 11.8 Å². The fraction of sp³-hybridized carbons (Fsp3) is 0.889. The molecule has 0 aromatic rings. The van der Waals surface area contributed by atoms with Crippen LogP contribution >= 0.6 is 0 Å². The minimum Gasteiger partial charge on any atom is -0.324 e. The van der Waals surface area contributed by atoms with Crippen molar-refractivity contribution < 1.29 is 4.79 Å². The van der Waals surface area contributed by atoms with Crippen molar-refractivity contribution in [2.24, 2.45) is 11.5 Å². The molecule has 1 aliphatic rings. The highest BCUT2D eigenvalue weighted by atomic mass is 16.1. The zero-order chi connectivity index (χ0) is 10.1. The monoisotopic (exact) mass is 185 g/mol. The molecule has 0 aromatic heterocycles. The van der Waals surface area contributed by atoms with E-state index in [1.54, 1.807) is 13.8 Å². The molecule has 0 spiro atoms. The predicted molar refractivity (Wildman–Crippen MR) is 52.3 cm³/mol. The van der Waals surface area contributed by atoms with Crippen LogP contribution in [0, 0.1) is 0 Å². The minimum absolute atomic E-state index is 0.0463. The lowest BCUT2D eigenvalue weighted by atomic mass is 9.89. The minimum atomic E-state index is -0.624. The second-order valence-electron chi connectivity index (χ2n) is 4.35. The number of carbonyl (C=O) groups excluding carboxylic acids is 1. The van der Waals surface area contributed by atoms with Crippen molar-refractivity contribution in [3.8, 4) is 0 Å². The largest absolute Gasteiger partial charge is 0.324 e. The molecule has 1 fully saturated rings. The molecule has 1 rings (SSSR count). The first-order chi connectivity index (χ1) is 5.93. The van der Waals surface area contributed by atoms with Crippen molar-refractivity contribution in [2.75, 3.05) is 6.54 Å². The highest BCUT2D eigenvalue weighted by Crippen LogP contribution is 2.12. The van der Waals surface area contributed by atoms with E-state index in [1.807, 2.05) is 0 Å². The zero-order valence-corrected chi connectivity index (χ0v) is 8.34. The Kier molecular flexibility index (Phi) is 3.05. The van der Waals surface area contributed by atoms with Gasteiger partial charge in [-0.1, -0.05) is 0 Å². The lowest BCUT2D eigenvalue weighted by molar-refractivity contribution is -0.123. The van der Waals surface area contributed by atoms with E-state index in [1.165, 1.54) is 0 Å². The Morgan fingerprint density at radius 3 is 2.62 bits per heavy atom. The van der Waals surface area contributed by atoms with Crippen molar-refractivity contribution in [1.82, 2.24) is 5.32 Å². The second kappa shape index (κ2) is 3.74. The van der Waals surface area contributed by atoms with Crippen LogP contribution in [0.2, 0.25) is 0 Å². The molecule has 4 heteroatoms. The lowest BCUT2D eigenvalue weighted by Gasteiger charge is -2.27. The smallest absolute Gasteiger partial charge is 0.168 e. The van der Waals surface area contributed by atoms with Crippen LogP contribution in [0.15, 0.2) is 0 Å². The summed E-state index contributed by atoms with van der Waals surface area (Å²) in [6, 6.07) is -0.638. The maximum absolute atomic E-state index is 11.7. The number of Topliss-reactive ketones (excluding diaryl/α,β-unsaturated/α-hetero) is 1. The zero-order valence-electron chi connectivity index (χ0n) is 8.34. The molecule has 0 aromatic carbocycles. The number of rotatable bonds is 3. The molecule has 4 nitrogen and oxygen atoms in total. The Bertz CT molecular complexity index is 192. The number of hydrogen-bond acceptors (Lipinski definition) is 4. The van der Waals surface area contributed by atoms with Gasteiger partial charge < -0.3 is 16.8 Å². The van der Waals surface area contributed by atoms with Crippen LogP contribution in [-0.2, 0) is 4.79 Å². The van der Waals surface area contributed by atoms with Gasteiger partial charge >= 0.3 is 0 Å². The first-order valence-electron chi connectivity index (χ1n) is 4.74. The maximum atomic E-state index is 11.7. The third-order valence-electron chi connectivity index (χ3n) is 2.51. The molecule has 1 saturated heterocycles. The number of carbonyl (C=O) groups is 1. The number of nitrogens with one attached hydrogen (secondary N) is 1. The molecule has 0 radical (unpaired) electrons. The molecular formula is C9H19N3O. The van der Waals surface area contributed by atoms with E-state index in [9.17, 15) is 4.79 Å². The van der Waals surface area contributed by atoms with E-state index in [2.05, 4.69) is 5.32 Å². The molecule has 1 heterocycles. The van der Waals surface area contributed by atoms with Gasteiger partial charge in [0.15, 0.2) is 5.78 Å². The van der Waals surface area contributed by atoms with Crippen molar-refractivity contribution in [3.63, 3.8) is 0 Å². The summed E-state index contributed by atoms with van der Waals surface area (Å²) in [5.74, 6) is 0.0463. The van der Waals surface area contributed by atoms with E-state index in [4.69, 9.17) is 11.5 Å². The lowest BCUT2D eigenvalue weighted by Crippen LogP contribution is -2.58. The van der Waals surface area contributed by atoms with Gasteiger partial charge in [0.1, 0.15) is 0 Å². The Hall–Kier alpha value is -0.450. The topological polar surface area (TPSA) is 81.1 Å². The molecule has 1 aliphatic heterocycles. The molecule has 1 unspecified atom stereocenters. The van der Waals surface area contributed by atoms with Crippen molar-refractivity contribution in [2.45, 2.75) is 44.3 Å².